The van der Waals surface area contributed by atoms with Crippen LogP contribution in [0.15, 0.2) is 101 Å². The molecule has 0 spiro atoms. The highest BCUT2D eigenvalue weighted by atomic mass is 79.9. The van der Waals surface area contributed by atoms with Crippen molar-refractivity contribution >= 4 is 109 Å². The topological polar surface area (TPSA) is 184 Å². The Kier molecular flexibility index (Phi) is 17.4. The molecule has 3 fully saturated rings. The van der Waals surface area contributed by atoms with E-state index in [0.29, 0.717) is 73.2 Å². The number of nitrogens with one attached hydrogen (secondary N) is 2. The predicted molar refractivity (Wildman–Crippen MR) is 276 cm³/mol. The molecule has 0 radical (unpaired) electrons. The van der Waals surface area contributed by atoms with Gasteiger partial charge in [0.05, 0.1) is 35.1 Å². The van der Waals surface area contributed by atoms with E-state index in [2.05, 4.69) is 82.4 Å². The standard InChI is InChI=1S/C24H29BClF2N3O4.C20H17ClF2N4O3S.C3H2BrNS/c1-22(2)14-25(35-23(22,3)4)19-11-15(12-29-20(19)31-10-9-17(32)13-31)21(33)30-16-5-7-18(8-6-16)34-24(26,27)28;21-20(22,23)30-16-3-1-14(2-4-16)26-19(29)12-7-17(13-9-25-31-11-13)18(24-8-12)27-6-5-15(28)10-27;4-3-1-5-6-2-3/h5-8,11-12,17,32H,9-10,13-14H2,1-4H3,(H,30,33);1-4,7-9,11,15,28H,5-6,10H2,(H,26,29);1-2H/t17-;15-;/m11./s1. The molecular weight excluding hydrogens is 1090 g/mol. The fraction of sp³-hybridized carbons (Fsp3) is 0.362. The number of aliphatic hydroxyl groups is 2. The second kappa shape index (κ2) is 23.0. The Morgan fingerprint density at radius 3 is 1.65 bits per heavy atom. The van der Waals surface area contributed by atoms with Gasteiger partial charge >= 0.3 is 18.1 Å². The van der Waals surface area contributed by atoms with Crippen LogP contribution in [0.25, 0.3) is 11.1 Å². The molecule has 3 aliphatic rings. The second-order valence-electron chi connectivity index (χ2n) is 18.0. The first-order chi connectivity index (χ1) is 33.9. The van der Waals surface area contributed by atoms with Gasteiger partial charge in [0.15, 0.2) is 0 Å². The fourth-order valence-corrected chi connectivity index (χ4v) is 9.47. The number of alkyl halides is 6. The van der Waals surface area contributed by atoms with Crippen molar-refractivity contribution < 1.29 is 51.5 Å². The van der Waals surface area contributed by atoms with E-state index >= 15 is 0 Å². The first-order valence-corrected chi connectivity index (χ1v) is 25.5. The summed E-state index contributed by atoms with van der Waals surface area (Å²) in [5.41, 5.74) is -4.28. The molecule has 15 nitrogen and oxygen atoms in total. The Hall–Kier alpha value is -5.14. The molecule has 382 valence electrons. The van der Waals surface area contributed by atoms with Crippen LogP contribution < -0.4 is 35.4 Å². The number of nitrogens with zero attached hydrogens (tertiary/aromatic N) is 6. The summed E-state index contributed by atoms with van der Waals surface area (Å²) >= 11 is 15.5. The predicted octanol–water partition coefficient (Wildman–Crippen LogP) is 10.2. The van der Waals surface area contributed by atoms with Crippen LogP contribution in [-0.4, -0.2) is 103 Å². The minimum Gasteiger partial charge on any atom is -0.425 e. The van der Waals surface area contributed by atoms with Gasteiger partial charge in [0.2, 0.25) is 0 Å². The second-order valence-corrected chi connectivity index (χ2v) is 21.1. The van der Waals surface area contributed by atoms with E-state index in [1.165, 1.54) is 84.0 Å². The van der Waals surface area contributed by atoms with Gasteiger partial charge in [-0.1, -0.05) is 13.8 Å². The Morgan fingerprint density at radius 2 is 1.25 bits per heavy atom. The van der Waals surface area contributed by atoms with Crippen LogP contribution in [0.2, 0.25) is 6.32 Å². The third kappa shape index (κ3) is 14.8. The number of carbonyl (C=O) groups excluding carboxylic acids is 2. The average Bonchev–Trinajstić information content (AvgIpc) is 4.18. The van der Waals surface area contributed by atoms with Crippen molar-refractivity contribution in [3.63, 3.8) is 0 Å². The van der Waals surface area contributed by atoms with Crippen LogP contribution in [-0.2, 0) is 4.65 Å². The van der Waals surface area contributed by atoms with Crippen molar-refractivity contribution in [2.75, 3.05) is 46.6 Å². The average molecular weight is 1140 g/mol. The van der Waals surface area contributed by atoms with E-state index in [1.807, 2.05) is 20.6 Å². The number of hydrogen-bond donors (Lipinski definition) is 4. The van der Waals surface area contributed by atoms with Crippen LogP contribution in [0.5, 0.6) is 11.5 Å². The number of halogens is 7. The van der Waals surface area contributed by atoms with E-state index in [0.717, 1.165) is 27.4 Å². The van der Waals surface area contributed by atoms with Gasteiger partial charge in [0.1, 0.15) is 23.1 Å². The molecule has 25 heteroatoms. The van der Waals surface area contributed by atoms with E-state index in [4.69, 9.17) is 27.9 Å². The largest absolute Gasteiger partial charge is 0.487 e. The maximum absolute atomic E-state index is 13.0. The third-order valence-electron chi connectivity index (χ3n) is 12.2. The van der Waals surface area contributed by atoms with Gasteiger partial charge in [0.25, 0.3) is 11.8 Å². The highest BCUT2D eigenvalue weighted by molar-refractivity contribution is 9.10. The van der Waals surface area contributed by atoms with E-state index in [1.54, 1.807) is 24.5 Å². The number of rotatable bonds is 12. The number of amides is 2. The van der Waals surface area contributed by atoms with E-state index in [9.17, 15) is 37.4 Å². The lowest BCUT2D eigenvalue weighted by atomic mass is 9.54. The van der Waals surface area contributed by atoms with Crippen LogP contribution >= 0.6 is 62.2 Å². The zero-order chi connectivity index (χ0) is 52.0. The van der Waals surface area contributed by atoms with Gasteiger partial charge in [-0.3, -0.25) is 9.59 Å². The van der Waals surface area contributed by atoms with Gasteiger partial charge in [-0.25, -0.2) is 14.3 Å². The molecule has 3 saturated heterocycles. The van der Waals surface area contributed by atoms with Crippen LogP contribution in [0.1, 0.15) is 61.3 Å². The molecule has 0 unspecified atom stereocenters. The van der Waals surface area contributed by atoms with Gasteiger partial charge in [0, 0.05) is 106 Å². The minimum absolute atomic E-state index is 0.0959. The van der Waals surface area contributed by atoms with E-state index in [-0.39, 0.29) is 29.4 Å². The summed E-state index contributed by atoms with van der Waals surface area (Å²) in [6.45, 7) is 10.4. The normalized spacial score (nSPS) is 18.2. The number of pyridine rings is 2. The first kappa shape index (κ1) is 54.6. The van der Waals surface area contributed by atoms with Crippen molar-refractivity contribution in [2.45, 2.75) is 75.8 Å². The smallest absolute Gasteiger partial charge is 0.425 e. The molecule has 0 saturated carbocycles. The Bertz CT molecular complexity index is 2770. The van der Waals surface area contributed by atoms with Crippen LogP contribution in [0, 0.1) is 5.41 Å². The minimum atomic E-state index is -3.81. The zero-order valence-corrected chi connectivity index (χ0v) is 43.7. The van der Waals surface area contributed by atoms with Gasteiger partial charge < -0.3 is 44.8 Å². The molecule has 0 bridgehead atoms. The molecule has 7 heterocycles. The van der Waals surface area contributed by atoms with Gasteiger partial charge in [-0.05, 0) is 144 Å². The highest BCUT2D eigenvalue weighted by Crippen LogP contribution is 2.45. The van der Waals surface area contributed by atoms with Crippen molar-refractivity contribution in [1.82, 2.24) is 18.7 Å². The lowest BCUT2D eigenvalue weighted by Gasteiger charge is -2.34. The third-order valence-corrected chi connectivity index (χ3v) is 14.2. The Labute approximate surface area is 439 Å². The quantitative estimate of drug-likeness (QED) is 0.0516. The van der Waals surface area contributed by atoms with Crippen molar-refractivity contribution in [3.05, 3.63) is 112 Å². The molecule has 3 aliphatic heterocycles. The van der Waals surface area contributed by atoms with Crippen molar-refractivity contribution in [2.24, 2.45) is 5.41 Å². The van der Waals surface area contributed by atoms with Crippen LogP contribution in [0.4, 0.5) is 40.6 Å². The van der Waals surface area contributed by atoms with Crippen molar-refractivity contribution in [3.8, 4) is 22.6 Å². The van der Waals surface area contributed by atoms with Crippen molar-refractivity contribution in [1.29, 1.82) is 0 Å². The number of carbonyl (C=O) groups is 2. The van der Waals surface area contributed by atoms with Gasteiger partial charge in [-0.2, -0.15) is 4.37 Å². The molecule has 2 atom stereocenters. The summed E-state index contributed by atoms with van der Waals surface area (Å²) in [6.07, 6.45) is 7.65. The number of benzene rings is 2. The van der Waals surface area contributed by atoms with Gasteiger partial charge in [-0.15, -0.1) is 17.6 Å². The number of β-amino-alcohol motifs (C(OH)–C–C–N with tert-alkyl or cyclic N) is 2. The lowest BCUT2D eigenvalue weighted by molar-refractivity contribution is -0.0972. The molecule has 4 aromatic heterocycles. The number of anilines is 4. The Morgan fingerprint density at radius 1 is 0.764 bits per heavy atom. The Balaban J connectivity index is 0.000000190. The summed E-state index contributed by atoms with van der Waals surface area (Å²) < 4.78 is 75.0. The molecular formula is C47H48BBrCl2F4N8O7S2. The molecule has 9 rings (SSSR count). The lowest BCUT2D eigenvalue weighted by Crippen LogP contribution is -2.40. The molecule has 6 aromatic rings. The summed E-state index contributed by atoms with van der Waals surface area (Å²) in [6, 6.07) is 14.4. The number of ether oxygens (including phenoxy) is 2. The number of aliphatic hydroxyl groups excluding tert-OH is 2. The zero-order valence-electron chi connectivity index (χ0n) is 39.0. The summed E-state index contributed by atoms with van der Waals surface area (Å²) in [4.78, 5) is 38.8. The molecule has 0 aliphatic carbocycles. The first-order valence-electron chi connectivity index (χ1n) is 22.2. The molecule has 4 N–H and O–H groups in total. The number of hydrogen-bond acceptors (Lipinski definition) is 15. The molecule has 72 heavy (non-hydrogen) atoms. The summed E-state index contributed by atoms with van der Waals surface area (Å²) in [5.74, 6) is 0.301. The summed E-state index contributed by atoms with van der Waals surface area (Å²) in [7, 11) is 0. The number of aromatic nitrogens is 4. The molecule has 2 aromatic carbocycles. The monoisotopic (exact) mass is 1140 g/mol. The maximum Gasteiger partial charge on any atom is 0.487 e. The maximum atomic E-state index is 13.0. The molecule has 2 amide bonds. The SMILES string of the molecule is Brc1cnsc1.CC1(C)CB(c2cc(C(=O)Nc3ccc(OC(F)(F)Cl)cc3)cnc2N2CC[C@@H](O)C2)OC1(C)C.O=C(Nc1ccc(OC(F)(F)Cl)cc1)c1cnc(N2CC[C@@H](O)C2)c(-c2cnsc2)c1. The summed E-state index contributed by atoms with van der Waals surface area (Å²) in [5, 5.41) is 29.2. The van der Waals surface area contributed by atoms with Crippen LogP contribution in [0.3, 0.4) is 0 Å². The highest BCUT2D eigenvalue weighted by Gasteiger charge is 2.51. The van der Waals surface area contributed by atoms with E-state index < -0.39 is 35.2 Å². The fourth-order valence-electron chi connectivity index (χ4n) is 7.87.